The topological polar surface area (TPSA) is 16.8 Å². The largest absolute Gasteiger partial charge is 1.00 e. The third kappa shape index (κ3) is 2.27. The minimum absolute atomic E-state index is 0. The van der Waals surface area contributed by atoms with E-state index in [2.05, 4.69) is 52.2 Å². The lowest BCUT2D eigenvalue weighted by Gasteiger charge is -2.00. The van der Waals surface area contributed by atoms with Crippen molar-refractivity contribution in [3.8, 4) is 10.6 Å². The van der Waals surface area contributed by atoms with Crippen LogP contribution in [0.25, 0.3) is 21.5 Å². The van der Waals surface area contributed by atoms with Gasteiger partial charge >= 0.3 is 0 Å². The van der Waals surface area contributed by atoms with Gasteiger partial charge in [-0.3, -0.25) is 0 Å². The number of benzene rings is 1. The van der Waals surface area contributed by atoms with E-state index in [-0.39, 0.29) is 24.0 Å². The monoisotopic (exact) mass is 368 g/mol. The highest BCUT2D eigenvalue weighted by atomic mass is 127. The minimum atomic E-state index is 0. The summed E-state index contributed by atoms with van der Waals surface area (Å²) in [5, 5.41) is 3.37. The summed E-state index contributed by atoms with van der Waals surface area (Å²) in [6, 6.07) is 10.6. The summed E-state index contributed by atoms with van der Waals surface area (Å²) in [6.07, 6.45) is 1.88. The van der Waals surface area contributed by atoms with Gasteiger partial charge in [0.2, 0.25) is 5.69 Å². The second kappa shape index (κ2) is 5.32. The van der Waals surface area contributed by atoms with E-state index in [9.17, 15) is 0 Å². The molecule has 0 aliphatic heterocycles. The van der Waals surface area contributed by atoms with Crippen molar-refractivity contribution in [3.05, 3.63) is 47.6 Å². The normalized spacial score (nSPS) is 10.3. The quantitative estimate of drug-likeness (QED) is 0.440. The van der Waals surface area contributed by atoms with Gasteiger partial charge in [0.25, 0.3) is 6.33 Å². The van der Waals surface area contributed by atoms with Gasteiger partial charge in [-0.2, -0.15) is 0 Å². The summed E-state index contributed by atoms with van der Waals surface area (Å²) in [7, 11) is 2.03. The average molecular weight is 368 g/mol. The van der Waals surface area contributed by atoms with Crippen LogP contribution in [0.15, 0.2) is 42.0 Å². The lowest BCUT2D eigenvalue weighted by molar-refractivity contribution is -0.647. The zero-order valence-corrected chi connectivity index (χ0v) is 13.2. The van der Waals surface area contributed by atoms with Gasteiger partial charge in [-0.15, -0.1) is 11.3 Å². The van der Waals surface area contributed by atoms with Gasteiger partial charge in [-0.1, -0.05) is 12.1 Å². The summed E-state index contributed by atoms with van der Waals surface area (Å²) in [6.45, 7) is 2.12. The van der Waals surface area contributed by atoms with E-state index in [1.165, 1.54) is 21.3 Å². The van der Waals surface area contributed by atoms with Crippen molar-refractivity contribution in [2.24, 2.45) is 7.05 Å². The lowest BCUT2D eigenvalue weighted by Crippen LogP contribution is -3.00. The van der Waals surface area contributed by atoms with Crippen LogP contribution in [-0.2, 0) is 7.05 Å². The van der Waals surface area contributed by atoms with E-state index in [1.54, 1.807) is 11.3 Å². The third-order valence-corrected chi connectivity index (χ3v) is 3.92. The van der Waals surface area contributed by atoms with Crippen molar-refractivity contribution in [1.82, 2.24) is 4.98 Å². The Labute approximate surface area is 127 Å². The van der Waals surface area contributed by atoms with Gasteiger partial charge in [-0.05, 0) is 41.1 Å². The van der Waals surface area contributed by atoms with E-state index < -0.39 is 0 Å². The van der Waals surface area contributed by atoms with Crippen LogP contribution in [-0.4, -0.2) is 4.98 Å². The van der Waals surface area contributed by atoms with Gasteiger partial charge < -0.3 is 24.0 Å². The van der Waals surface area contributed by atoms with Crippen molar-refractivity contribution in [1.29, 1.82) is 0 Å². The molecule has 0 aliphatic rings. The first-order chi connectivity index (χ1) is 8.25. The van der Waals surface area contributed by atoms with Crippen LogP contribution in [0, 0.1) is 6.92 Å². The number of rotatable bonds is 1. The fraction of sp³-hybridized carbons (Fsp3) is 0.143. The molecule has 2 aromatic heterocycles. The summed E-state index contributed by atoms with van der Waals surface area (Å²) in [5.74, 6) is 0. The number of hydrogen-bond donors (Lipinski definition) is 0. The Kier molecular flexibility index (Phi) is 3.97. The molecule has 2 nitrogen and oxygen atoms in total. The second-order valence-corrected chi connectivity index (χ2v) is 5.12. The van der Waals surface area contributed by atoms with Crippen molar-refractivity contribution in [2.75, 3.05) is 0 Å². The molecule has 0 bridgehead atoms. The van der Waals surface area contributed by atoms with Gasteiger partial charge in [0.15, 0.2) is 0 Å². The number of halogens is 1. The molecule has 3 aromatic rings. The Morgan fingerprint density at radius 3 is 2.72 bits per heavy atom. The number of hydrogen-bond acceptors (Lipinski definition) is 2. The van der Waals surface area contributed by atoms with Gasteiger partial charge in [-0.25, -0.2) is 4.57 Å². The summed E-state index contributed by atoms with van der Waals surface area (Å²) >= 11 is 1.75. The predicted octanol–water partition coefficient (Wildman–Crippen LogP) is 0.100. The maximum absolute atomic E-state index is 4.56. The van der Waals surface area contributed by atoms with Crippen molar-refractivity contribution < 1.29 is 28.5 Å². The highest BCUT2D eigenvalue weighted by Gasteiger charge is 2.14. The van der Waals surface area contributed by atoms with Crippen LogP contribution in [0.3, 0.4) is 0 Å². The molecule has 0 atom stereocenters. The Bertz CT molecular complexity index is 691. The molecule has 4 heteroatoms. The number of fused-ring (bicyclic) bond motifs is 1. The fourth-order valence-electron chi connectivity index (χ4n) is 2.01. The molecule has 1 aromatic carbocycles. The van der Waals surface area contributed by atoms with Crippen LogP contribution in [0.5, 0.6) is 0 Å². The van der Waals surface area contributed by atoms with Crippen molar-refractivity contribution in [3.63, 3.8) is 0 Å². The van der Waals surface area contributed by atoms with Crippen LogP contribution >= 0.6 is 11.3 Å². The van der Waals surface area contributed by atoms with Gasteiger partial charge in [0, 0.05) is 0 Å². The zero-order chi connectivity index (χ0) is 11.8. The van der Waals surface area contributed by atoms with Crippen molar-refractivity contribution in [2.45, 2.75) is 6.92 Å². The predicted molar refractivity (Wildman–Crippen MR) is 71.0 cm³/mol. The van der Waals surface area contributed by atoms with E-state index >= 15 is 0 Å². The zero-order valence-electron chi connectivity index (χ0n) is 10.2. The van der Waals surface area contributed by atoms with Gasteiger partial charge in [0.1, 0.15) is 5.52 Å². The molecule has 0 N–H and O–H groups in total. The SMILES string of the molecule is Cc1csc(-c2nc[n+](C)c3ccccc23)c1.[I-]. The van der Waals surface area contributed by atoms with Crippen LogP contribution in [0.1, 0.15) is 5.56 Å². The Morgan fingerprint density at radius 1 is 1.22 bits per heavy atom. The highest BCUT2D eigenvalue weighted by Crippen LogP contribution is 2.29. The van der Waals surface area contributed by atoms with E-state index in [0.29, 0.717) is 0 Å². The minimum Gasteiger partial charge on any atom is -1.00 e. The molecule has 0 spiro atoms. The molecule has 0 saturated heterocycles. The Hall–Kier alpha value is -1.01. The summed E-state index contributed by atoms with van der Waals surface area (Å²) < 4.78 is 2.05. The molecule has 18 heavy (non-hydrogen) atoms. The molecule has 0 fully saturated rings. The lowest BCUT2D eigenvalue weighted by atomic mass is 10.1. The first-order valence-corrected chi connectivity index (χ1v) is 6.42. The first-order valence-electron chi connectivity index (χ1n) is 5.54. The Morgan fingerprint density at radius 2 is 2.00 bits per heavy atom. The van der Waals surface area contributed by atoms with Crippen LogP contribution in [0.4, 0.5) is 0 Å². The number of aryl methyl sites for hydroxylation is 2. The highest BCUT2D eigenvalue weighted by molar-refractivity contribution is 7.13. The molecule has 92 valence electrons. The molecule has 3 rings (SSSR count). The number of thiophene rings is 1. The molecule has 0 radical (unpaired) electrons. The maximum Gasteiger partial charge on any atom is 0.287 e. The van der Waals surface area contributed by atoms with E-state index in [0.717, 1.165) is 5.69 Å². The Balaban J connectivity index is 0.00000120. The second-order valence-electron chi connectivity index (χ2n) is 4.21. The standard InChI is InChI=1S/C14H13N2S.HI/c1-10-7-13(17-8-10)14-11-5-3-4-6-12(11)16(2)9-15-14;/h3-9H,1-2H3;1H/q+1;/p-1. The maximum atomic E-state index is 4.56. The third-order valence-electron chi connectivity index (χ3n) is 2.86. The smallest absolute Gasteiger partial charge is 0.287 e. The average Bonchev–Trinajstić information content (AvgIpc) is 2.77. The molecule has 2 heterocycles. The number of aromatic nitrogens is 2. The molecular weight excluding hydrogens is 355 g/mol. The molecular formula is C14H13IN2S. The fourth-order valence-corrected chi connectivity index (χ4v) is 2.92. The van der Waals surface area contributed by atoms with Gasteiger partial charge in [0.05, 0.1) is 17.3 Å². The summed E-state index contributed by atoms with van der Waals surface area (Å²) in [4.78, 5) is 5.80. The molecule has 0 unspecified atom stereocenters. The van der Waals surface area contributed by atoms with Crippen LogP contribution < -0.4 is 28.5 Å². The molecule has 0 aliphatic carbocycles. The number of nitrogens with zero attached hydrogens (tertiary/aromatic N) is 2. The van der Waals surface area contributed by atoms with E-state index in [1.807, 2.05) is 13.4 Å². The van der Waals surface area contributed by atoms with Crippen molar-refractivity contribution >= 4 is 22.2 Å². The van der Waals surface area contributed by atoms with E-state index in [4.69, 9.17) is 0 Å². The molecule has 0 amide bonds. The first kappa shape index (κ1) is 13.4. The number of para-hydroxylation sites is 1. The summed E-state index contributed by atoms with van der Waals surface area (Å²) in [5.41, 5.74) is 3.59. The van der Waals surface area contributed by atoms with Crippen LogP contribution in [0.2, 0.25) is 0 Å². The molecule has 0 saturated carbocycles.